The molecule has 0 saturated carbocycles. The fourth-order valence-electron chi connectivity index (χ4n) is 2.32. The lowest BCUT2D eigenvalue weighted by atomic mass is 10.2. The van der Waals surface area contributed by atoms with Crippen molar-refractivity contribution in [2.24, 2.45) is 0 Å². The minimum absolute atomic E-state index is 0. The van der Waals surface area contributed by atoms with Gasteiger partial charge in [0.15, 0.2) is 0 Å². The average molecular weight is 319 g/mol. The van der Waals surface area contributed by atoms with Crippen LogP contribution in [-0.2, 0) is 10.0 Å². The van der Waals surface area contributed by atoms with Crippen LogP contribution >= 0.6 is 0 Å². The third-order valence-electron chi connectivity index (χ3n) is 3.58. The minimum Gasteiger partial charge on any atom is -1.00 e. The average Bonchev–Trinajstić information content (AvgIpc) is 2.61. The van der Waals surface area contributed by atoms with Crippen molar-refractivity contribution < 1.29 is 30.5 Å². The van der Waals surface area contributed by atoms with Crippen molar-refractivity contribution in [2.75, 3.05) is 26.2 Å². The standard InChI is InChI=1S/C13H18N2O3S.ClH/c1-3-14(4-2)9-10-15-13(16)11-7-5-6-8-12(11)19(15,17)18;/h5-8H,3-4,9-10H2,1-2H3;1H. The van der Waals surface area contributed by atoms with E-state index in [2.05, 4.69) is 0 Å². The maximum Gasteiger partial charge on any atom is 0.269 e. The fraction of sp³-hybridized carbons (Fsp3) is 0.462. The van der Waals surface area contributed by atoms with Crippen LogP contribution in [-0.4, -0.2) is 44.8 Å². The normalized spacial score (nSPS) is 16.1. The van der Waals surface area contributed by atoms with Crippen LogP contribution in [0.1, 0.15) is 24.2 Å². The number of sulfonamides is 1. The topological polar surface area (TPSA) is 58.9 Å². The van der Waals surface area contributed by atoms with E-state index in [1.54, 1.807) is 18.2 Å². The Balaban J connectivity index is 0.00000200. The second-order valence-electron chi connectivity index (χ2n) is 4.59. The van der Waals surface area contributed by atoms with E-state index in [1.807, 2.05) is 13.8 Å². The van der Waals surface area contributed by atoms with Crippen molar-refractivity contribution in [3.8, 4) is 0 Å². The van der Waals surface area contributed by atoms with E-state index in [0.29, 0.717) is 6.54 Å². The summed E-state index contributed by atoms with van der Waals surface area (Å²) in [4.78, 5) is 13.5. The Kier molecular flexibility index (Phi) is 5.56. The second-order valence-corrected chi connectivity index (χ2v) is 6.42. The molecule has 1 aromatic rings. The zero-order valence-corrected chi connectivity index (χ0v) is 13.2. The molecular weight excluding hydrogens is 300 g/mol. The number of nitrogens with one attached hydrogen (secondary N) is 1. The number of rotatable bonds is 5. The third kappa shape index (κ3) is 2.82. The van der Waals surface area contributed by atoms with Crippen LogP contribution in [0.3, 0.4) is 0 Å². The Morgan fingerprint density at radius 2 is 1.75 bits per heavy atom. The first-order chi connectivity index (χ1) is 9.02. The summed E-state index contributed by atoms with van der Waals surface area (Å²) in [5.41, 5.74) is 0.289. The molecule has 20 heavy (non-hydrogen) atoms. The van der Waals surface area contributed by atoms with Crippen LogP contribution in [0.5, 0.6) is 0 Å². The van der Waals surface area contributed by atoms with E-state index >= 15 is 0 Å². The summed E-state index contributed by atoms with van der Waals surface area (Å²) in [5.74, 6) is -0.401. The molecule has 5 nitrogen and oxygen atoms in total. The van der Waals surface area contributed by atoms with E-state index in [9.17, 15) is 13.2 Å². The SMILES string of the molecule is CC[NH+](CC)CCN1C(=O)c2ccccc2S1(=O)=O.[Cl-]. The van der Waals surface area contributed by atoms with Gasteiger partial charge in [-0.2, -0.15) is 0 Å². The first-order valence-corrected chi connectivity index (χ1v) is 7.96. The monoisotopic (exact) mass is 318 g/mol. The molecule has 112 valence electrons. The van der Waals surface area contributed by atoms with Crippen LogP contribution in [0.25, 0.3) is 0 Å². The smallest absolute Gasteiger partial charge is 0.269 e. The van der Waals surface area contributed by atoms with Gasteiger partial charge in [0.2, 0.25) is 0 Å². The summed E-state index contributed by atoms with van der Waals surface area (Å²) in [6.45, 7) is 6.83. The number of hydrogen-bond donors (Lipinski definition) is 1. The van der Waals surface area contributed by atoms with Gasteiger partial charge in [0, 0.05) is 0 Å². The predicted octanol–water partition coefficient (Wildman–Crippen LogP) is -3.24. The van der Waals surface area contributed by atoms with Gasteiger partial charge in [-0.05, 0) is 26.0 Å². The number of benzene rings is 1. The molecule has 0 aliphatic carbocycles. The van der Waals surface area contributed by atoms with Gasteiger partial charge in [0.25, 0.3) is 15.9 Å². The van der Waals surface area contributed by atoms with Gasteiger partial charge < -0.3 is 17.3 Å². The van der Waals surface area contributed by atoms with E-state index in [0.717, 1.165) is 17.4 Å². The molecule has 1 heterocycles. The Hall–Kier alpha value is -1.11. The zero-order valence-electron chi connectivity index (χ0n) is 11.6. The van der Waals surface area contributed by atoms with E-state index < -0.39 is 15.9 Å². The second kappa shape index (κ2) is 6.56. The quantitative estimate of drug-likeness (QED) is 0.621. The summed E-state index contributed by atoms with van der Waals surface area (Å²) < 4.78 is 25.6. The molecule has 0 aromatic heterocycles. The van der Waals surface area contributed by atoms with Crippen LogP contribution < -0.4 is 17.3 Å². The first kappa shape index (κ1) is 16.9. The van der Waals surface area contributed by atoms with E-state index in [1.165, 1.54) is 11.0 Å². The summed E-state index contributed by atoms with van der Waals surface area (Å²) in [6, 6.07) is 6.39. The molecule has 2 rings (SSSR count). The van der Waals surface area contributed by atoms with Gasteiger partial charge >= 0.3 is 0 Å². The van der Waals surface area contributed by atoms with Crippen LogP contribution in [0.15, 0.2) is 29.2 Å². The molecule has 1 aromatic carbocycles. The number of fused-ring (bicyclic) bond motifs is 1. The number of quaternary nitrogens is 1. The summed E-state index contributed by atoms with van der Waals surface area (Å²) in [6.07, 6.45) is 0. The Morgan fingerprint density at radius 3 is 2.30 bits per heavy atom. The molecule has 1 aliphatic heterocycles. The van der Waals surface area contributed by atoms with E-state index in [-0.39, 0.29) is 29.4 Å². The van der Waals surface area contributed by atoms with E-state index in [4.69, 9.17) is 0 Å². The first-order valence-electron chi connectivity index (χ1n) is 6.52. The predicted molar refractivity (Wildman–Crippen MR) is 71.6 cm³/mol. The fourth-order valence-corrected chi connectivity index (χ4v) is 3.88. The molecule has 0 fully saturated rings. The van der Waals surface area contributed by atoms with Crippen molar-refractivity contribution in [1.29, 1.82) is 0 Å². The highest BCUT2D eigenvalue weighted by Crippen LogP contribution is 2.29. The van der Waals surface area contributed by atoms with Gasteiger partial charge in [-0.15, -0.1) is 0 Å². The van der Waals surface area contributed by atoms with Crippen molar-refractivity contribution in [1.82, 2.24) is 4.31 Å². The lowest BCUT2D eigenvalue weighted by Gasteiger charge is -2.19. The van der Waals surface area contributed by atoms with Crippen molar-refractivity contribution >= 4 is 15.9 Å². The molecule has 0 bridgehead atoms. The Labute approximate surface area is 126 Å². The van der Waals surface area contributed by atoms with Gasteiger partial charge in [-0.3, -0.25) is 4.79 Å². The van der Waals surface area contributed by atoms with Crippen molar-refractivity contribution in [3.63, 3.8) is 0 Å². The summed E-state index contributed by atoms with van der Waals surface area (Å²) in [7, 11) is -3.64. The molecule has 0 spiro atoms. The third-order valence-corrected chi connectivity index (χ3v) is 5.42. The maximum atomic E-state index is 12.3. The molecule has 0 unspecified atom stereocenters. The largest absolute Gasteiger partial charge is 1.00 e. The van der Waals surface area contributed by atoms with Crippen LogP contribution in [0.2, 0.25) is 0 Å². The molecule has 1 aliphatic rings. The van der Waals surface area contributed by atoms with Crippen LogP contribution in [0.4, 0.5) is 0 Å². The lowest BCUT2D eigenvalue weighted by molar-refractivity contribution is -0.895. The summed E-state index contributed by atoms with van der Waals surface area (Å²) in [5, 5.41) is 0. The number of likely N-dealkylation sites (N-methyl/N-ethyl adjacent to an activating group) is 1. The molecule has 0 saturated heterocycles. The minimum atomic E-state index is -3.64. The zero-order chi connectivity index (χ0) is 14.0. The summed E-state index contributed by atoms with van der Waals surface area (Å²) >= 11 is 0. The highest BCUT2D eigenvalue weighted by molar-refractivity contribution is 7.90. The number of carbonyl (C=O) groups excluding carboxylic acids is 1. The number of amides is 1. The molecule has 1 N–H and O–H groups in total. The number of carbonyl (C=O) groups is 1. The Morgan fingerprint density at radius 1 is 1.15 bits per heavy atom. The van der Waals surface area contributed by atoms with Gasteiger partial charge in [-0.1, -0.05) is 12.1 Å². The number of nitrogens with zero attached hydrogens (tertiary/aromatic N) is 1. The van der Waals surface area contributed by atoms with Crippen molar-refractivity contribution in [2.45, 2.75) is 18.7 Å². The molecule has 1 amide bonds. The van der Waals surface area contributed by atoms with Gasteiger partial charge in [0.1, 0.15) is 4.90 Å². The molecule has 7 heteroatoms. The lowest BCUT2D eigenvalue weighted by Crippen LogP contribution is -3.12. The Bertz CT molecular complexity index is 585. The highest BCUT2D eigenvalue weighted by atomic mass is 35.5. The van der Waals surface area contributed by atoms with Gasteiger partial charge in [0.05, 0.1) is 31.7 Å². The molecular formula is C13H19ClN2O3S. The maximum absolute atomic E-state index is 12.3. The van der Waals surface area contributed by atoms with Gasteiger partial charge in [-0.25, -0.2) is 12.7 Å². The van der Waals surface area contributed by atoms with Crippen molar-refractivity contribution in [3.05, 3.63) is 29.8 Å². The number of halogens is 1. The number of hydrogen-bond acceptors (Lipinski definition) is 3. The molecule has 0 radical (unpaired) electrons. The highest BCUT2D eigenvalue weighted by Gasteiger charge is 2.40. The molecule has 0 atom stereocenters. The van der Waals surface area contributed by atoms with Crippen LogP contribution in [0, 0.1) is 0 Å².